The summed E-state index contributed by atoms with van der Waals surface area (Å²) in [4.78, 5) is 24.5. The van der Waals surface area contributed by atoms with Crippen molar-refractivity contribution in [3.8, 4) is 11.8 Å². The molecule has 2 N–H and O–H groups in total. The molecule has 0 fully saturated rings. The average molecular weight is 292 g/mol. The number of aliphatic hydroxyl groups is 1. The van der Waals surface area contributed by atoms with E-state index in [4.69, 9.17) is 5.11 Å². The van der Waals surface area contributed by atoms with Gasteiger partial charge in [-0.1, -0.05) is 11.8 Å². The predicted octanol–water partition coefficient (Wildman–Crippen LogP) is 0.378. The third-order valence-corrected chi connectivity index (χ3v) is 2.65. The van der Waals surface area contributed by atoms with Gasteiger partial charge in [0.1, 0.15) is 12.4 Å². The van der Waals surface area contributed by atoms with Crippen LogP contribution in [0.25, 0.3) is 0 Å². The molecular weight excluding hydrogens is 275 g/mol. The van der Waals surface area contributed by atoms with Crippen LogP contribution >= 0.6 is 0 Å². The Kier molecular flexibility index (Phi) is 6.37. The lowest BCUT2D eigenvalue weighted by Gasteiger charge is -2.10. The lowest BCUT2D eigenvalue weighted by Crippen LogP contribution is -2.30. The second kappa shape index (κ2) is 8.02. The minimum absolute atomic E-state index is 0.109. The number of amides is 2. The molecule has 0 spiro atoms. The molecule has 2 amide bonds. The van der Waals surface area contributed by atoms with Crippen molar-refractivity contribution in [2.45, 2.75) is 6.42 Å². The van der Waals surface area contributed by atoms with E-state index in [1.165, 1.54) is 17.0 Å². The normalized spacial score (nSPS) is 9.52. The number of carbonyl (C=O) groups is 2. The van der Waals surface area contributed by atoms with Crippen molar-refractivity contribution < 1.29 is 19.1 Å². The van der Waals surface area contributed by atoms with Crippen LogP contribution in [-0.2, 0) is 4.79 Å². The molecule has 0 saturated heterocycles. The van der Waals surface area contributed by atoms with Gasteiger partial charge in [0.05, 0.1) is 5.56 Å². The first-order valence-electron chi connectivity index (χ1n) is 6.33. The molecule has 21 heavy (non-hydrogen) atoms. The third-order valence-electron chi connectivity index (χ3n) is 2.65. The molecule has 0 atom stereocenters. The largest absolute Gasteiger partial charge is 0.384 e. The molecule has 112 valence electrons. The number of aliphatic hydroxyl groups excluding tert-OH is 1. The SMILES string of the molecule is CN(C)C(=O)CCNC(=O)c1ccc(C#CCO)cc1F. The topological polar surface area (TPSA) is 69.6 Å². The Balaban J connectivity index is 2.64. The molecule has 1 aromatic carbocycles. The number of nitrogens with one attached hydrogen (secondary N) is 1. The standard InChI is InChI=1S/C15H17FN2O3/c1-18(2)14(20)7-8-17-15(21)12-6-5-11(4-3-9-19)10-13(12)16/h5-6,10,19H,7-9H2,1-2H3,(H,17,21). The van der Waals surface area contributed by atoms with E-state index in [2.05, 4.69) is 17.2 Å². The van der Waals surface area contributed by atoms with Crippen molar-refractivity contribution in [3.05, 3.63) is 35.1 Å². The van der Waals surface area contributed by atoms with E-state index in [-0.39, 0.29) is 31.0 Å². The first-order valence-corrected chi connectivity index (χ1v) is 6.33. The van der Waals surface area contributed by atoms with E-state index < -0.39 is 11.7 Å². The van der Waals surface area contributed by atoms with Crippen LogP contribution in [0.15, 0.2) is 18.2 Å². The molecule has 0 bridgehead atoms. The van der Waals surface area contributed by atoms with E-state index in [9.17, 15) is 14.0 Å². The van der Waals surface area contributed by atoms with Crippen molar-refractivity contribution >= 4 is 11.8 Å². The summed E-state index contributed by atoms with van der Waals surface area (Å²) in [5.41, 5.74) is 0.266. The first kappa shape index (κ1) is 16.7. The highest BCUT2D eigenvalue weighted by molar-refractivity contribution is 5.94. The van der Waals surface area contributed by atoms with Gasteiger partial charge in [0.15, 0.2) is 0 Å². The highest BCUT2D eigenvalue weighted by Crippen LogP contribution is 2.09. The fourth-order valence-electron chi connectivity index (χ4n) is 1.52. The van der Waals surface area contributed by atoms with Crippen LogP contribution in [0.4, 0.5) is 4.39 Å². The monoisotopic (exact) mass is 292 g/mol. The number of rotatable bonds is 4. The van der Waals surface area contributed by atoms with Crippen LogP contribution in [0.1, 0.15) is 22.3 Å². The van der Waals surface area contributed by atoms with Gasteiger partial charge in [0, 0.05) is 32.6 Å². The van der Waals surface area contributed by atoms with Crippen LogP contribution in [0.3, 0.4) is 0 Å². The average Bonchev–Trinajstić information content (AvgIpc) is 2.44. The second-order valence-corrected chi connectivity index (χ2v) is 4.45. The third kappa shape index (κ3) is 5.24. The number of benzene rings is 1. The zero-order valence-electron chi connectivity index (χ0n) is 11.9. The molecule has 0 unspecified atom stereocenters. The number of hydrogen-bond acceptors (Lipinski definition) is 3. The van der Waals surface area contributed by atoms with E-state index in [1.54, 1.807) is 14.1 Å². The molecule has 1 aromatic rings. The van der Waals surface area contributed by atoms with Crippen molar-refractivity contribution in [1.29, 1.82) is 0 Å². The molecule has 0 radical (unpaired) electrons. The summed E-state index contributed by atoms with van der Waals surface area (Å²) < 4.78 is 13.8. The Hall–Kier alpha value is -2.39. The summed E-state index contributed by atoms with van der Waals surface area (Å²) in [6, 6.07) is 3.94. The first-order chi connectivity index (χ1) is 9.95. The molecule has 6 heteroatoms. The van der Waals surface area contributed by atoms with Crippen LogP contribution < -0.4 is 5.32 Å². The molecule has 0 aliphatic carbocycles. The quantitative estimate of drug-likeness (QED) is 0.788. The van der Waals surface area contributed by atoms with E-state index in [1.807, 2.05) is 0 Å². The van der Waals surface area contributed by atoms with Crippen molar-refractivity contribution in [1.82, 2.24) is 10.2 Å². The number of nitrogens with zero attached hydrogens (tertiary/aromatic N) is 1. The highest BCUT2D eigenvalue weighted by Gasteiger charge is 2.12. The maximum absolute atomic E-state index is 13.8. The number of halogens is 1. The van der Waals surface area contributed by atoms with E-state index >= 15 is 0 Å². The van der Waals surface area contributed by atoms with Gasteiger partial charge < -0.3 is 15.3 Å². The Morgan fingerprint density at radius 2 is 2.10 bits per heavy atom. The summed E-state index contributed by atoms with van der Waals surface area (Å²) in [7, 11) is 3.24. The van der Waals surface area contributed by atoms with Crippen molar-refractivity contribution in [2.75, 3.05) is 27.2 Å². The number of hydrogen-bond donors (Lipinski definition) is 2. The highest BCUT2D eigenvalue weighted by atomic mass is 19.1. The van der Waals surface area contributed by atoms with Gasteiger partial charge in [-0.25, -0.2) is 4.39 Å². The summed E-state index contributed by atoms with van der Waals surface area (Å²) in [6.45, 7) is -0.175. The van der Waals surface area contributed by atoms with E-state index in [0.717, 1.165) is 6.07 Å². The van der Waals surface area contributed by atoms with Crippen LogP contribution in [0.5, 0.6) is 0 Å². The van der Waals surface area contributed by atoms with Crippen LogP contribution in [-0.4, -0.2) is 49.1 Å². The summed E-state index contributed by atoms with van der Waals surface area (Å²) >= 11 is 0. The fraction of sp³-hybridized carbons (Fsp3) is 0.333. The lowest BCUT2D eigenvalue weighted by atomic mass is 10.1. The van der Waals surface area contributed by atoms with Gasteiger partial charge in [-0.3, -0.25) is 9.59 Å². The minimum Gasteiger partial charge on any atom is -0.384 e. The molecule has 0 aliphatic rings. The molecule has 0 aliphatic heterocycles. The zero-order valence-corrected chi connectivity index (χ0v) is 11.9. The summed E-state index contributed by atoms with van der Waals surface area (Å²) in [5.74, 6) is 3.54. The molecule has 0 heterocycles. The maximum Gasteiger partial charge on any atom is 0.254 e. The van der Waals surface area contributed by atoms with Crippen LogP contribution in [0, 0.1) is 17.7 Å². The molecule has 0 aromatic heterocycles. The van der Waals surface area contributed by atoms with Crippen LogP contribution in [0.2, 0.25) is 0 Å². The lowest BCUT2D eigenvalue weighted by molar-refractivity contribution is -0.128. The Morgan fingerprint density at radius 1 is 1.38 bits per heavy atom. The Morgan fingerprint density at radius 3 is 2.67 bits per heavy atom. The maximum atomic E-state index is 13.8. The number of carbonyl (C=O) groups excluding carboxylic acids is 2. The zero-order chi connectivity index (χ0) is 15.8. The van der Waals surface area contributed by atoms with Gasteiger partial charge >= 0.3 is 0 Å². The fourth-order valence-corrected chi connectivity index (χ4v) is 1.52. The second-order valence-electron chi connectivity index (χ2n) is 4.45. The summed E-state index contributed by atoms with van der Waals surface area (Å²) in [5, 5.41) is 11.0. The molecule has 1 rings (SSSR count). The van der Waals surface area contributed by atoms with Gasteiger partial charge in [0.25, 0.3) is 5.91 Å². The van der Waals surface area contributed by atoms with E-state index in [0.29, 0.717) is 5.56 Å². The van der Waals surface area contributed by atoms with Crippen molar-refractivity contribution in [3.63, 3.8) is 0 Å². The van der Waals surface area contributed by atoms with Gasteiger partial charge in [-0.05, 0) is 18.2 Å². The Labute approximate surface area is 122 Å². The molecular formula is C15H17FN2O3. The Bertz CT molecular complexity index is 588. The van der Waals surface area contributed by atoms with Gasteiger partial charge in [0.2, 0.25) is 5.91 Å². The van der Waals surface area contributed by atoms with Crippen molar-refractivity contribution in [2.24, 2.45) is 0 Å². The smallest absolute Gasteiger partial charge is 0.254 e. The molecule has 0 saturated carbocycles. The predicted molar refractivity (Wildman–Crippen MR) is 76.0 cm³/mol. The van der Waals surface area contributed by atoms with Gasteiger partial charge in [-0.15, -0.1) is 0 Å². The summed E-state index contributed by atoms with van der Waals surface area (Å²) in [6.07, 6.45) is 0.153. The minimum atomic E-state index is -0.698. The molecule has 5 nitrogen and oxygen atoms in total. The van der Waals surface area contributed by atoms with Gasteiger partial charge in [-0.2, -0.15) is 0 Å².